The first-order valence-electron chi connectivity index (χ1n) is 8.89. The Balaban J connectivity index is 2.25. The normalized spacial score (nSPS) is 12.3. The summed E-state index contributed by atoms with van der Waals surface area (Å²) in [5.74, 6) is -0.502. The molecule has 1 amide bonds. The van der Waals surface area contributed by atoms with Gasteiger partial charge in [-0.05, 0) is 25.8 Å². The highest BCUT2D eigenvalue weighted by Crippen LogP contribution is 2.17. The predicted molar refractivity (Wildman–Crippen MR) is 98.6 cm³/mol. The van der Waals surface area contributed by atoms with Crippen molar-refractivity contribution in [3.05, 3.63) is 35.9 Å². The summed E-state index contributed by atoms with van der Waals surface area (Å²) in [6, 6.07) is 8.54. The minimum absolute atomic E-state index is 0.193. The van der Waals surface area contributed by atoms with E-state index < -0.39 is 23.7 Å². The van der Waals surface area contributed by atoms with E-state index in [0.29, 0.717) is 6.54 Å². The molecule has 0 saturated heterocycles. The summed E-state index contributed by atoms with van der Waals surface area (Å²) >= 11 is 0. The van der Waals surface area contributed by atoms with Crippen LogP contribution in [0.1, 0.15) is 39.2 Å². The van der Waals surface area contributed by atoms with Gasteiger partial charge in [0.2, 0.25) is 0 Å². The average molecular weight is 366 g/mol. The summed E-state index contributed by atoms with van der Waals surface area (Å²) in [5, 5.41) is 14.8. The van der Waals surface area contributed by atoms with Crippen LogP contribution >= 0.6 is 0 Å². The second-order valence-electron chi connectivity index (χ2n) is 6.61. The Morgan fingerprint density at radius 1 is 1.19 bits per heavy atom. The number of carbonyl (C=O) groups is 2. The Labute approximate surface area is 155 Å². The van der Waals surface area contributed by atoms with Crippen LogP contribution < -0.4 is 10.6 Å². The summed E-state index contributed by atoms with van der Waals surface area (Å²) in [7, 11) is 0. The van der Waals surface area contributed by atoms with Crippen LogP contribution in [0.15, 0.2) is 30.3 Å². The van der Waals surface area contributed by atoms with Crippen molar-refractivity contribution in [1.29, 1.82) is 0 Å². The van der Waals surface area contributed by atoms with E-state index in [1.54, 1.807) is 0 Å². The molecule has 0 spiro atoms. The van der Waals surface area contributed by atoms with Crippen molar-refractivity contribution < 1.29 is 24.2 Å². The minimum Gasteiger partial charge on any atom is -0.458 e. The number of aliphatic hydroxyl groups is 1. The fraction of sp³-hybridized carbons (Fsp3) is 0.579. The van der Waals surface area contributed by atoms with E-state index in [2.05, 4.69) is 10.6 Å². The number of rotatable bonds is 11. The largest absolute Gasteiger partial charge is 0.458 e. The molecule has 0 aliphatic heterocycles. The van der Waals surface area contributed by atoms with Crippen LogP contribution in [-0.2, 0) is 20.9 Å². The van der Waals surface area contributed by atoms with Gasteiger partial charge in [-0.2, -0.15) is 0 Å². The number of hydrogen-bond donors (Lipinski definition) is 3. The van der Waals surface area contributed by atoms with Gasteiger partial charge in [-0.1, -0.05) is 43.7 Å². The zero-order valence-electron chi connectivity index (χ0n) is 15.8. The van der Waals surface area contributed by atoms with Crippen molar-refractivity contribution in [2.45, 2.75) is 51.9 Å². The third-order valence-electron chi connectivity index (χ3n) is 3.69. The average Bonchev–Trinajstić information content (AvgIpc) is 2.60. The minimum atomic E-state index is -0.826. The third-order valence-corrected chi connectivity index (χ3v) is 3.69. The molecule has 0 radical (unpaired) electrons. The highest BCUT2D eigenvalue weighted by Gasteiger charge is 2.26. The molecule has 1 aromatic rings. The van der Waals surface area contributed by atoms with Gasteiger partial charge in [-0.15, -0.1) is 0 Å². The molecule has 0 saturated carbocycles. The van der Waals surface area contributed by atoms with Crippen molar-refractivity contribution >= 4 is 12.1 Å². The Morgan fingerprint density at radius 2 is 1.88 bits per heavy atom. The SMILES string of the molecule is CCCC(C)(C)OC(=O)C(CO)NCCNC(=O)OCc1ccccc1. The lowest BCUT2D eigenvalue weighted by Crippen LogP contribution is -2.46. The molecule has 7 heteroatoms. The van der Waals surface area contributed by atoms with Crippen molar-refractivity contribution in [1.82, 2.24) is 10.6 Å². The molecule has 1 unspecified atom stereocenters. The standard InChI is InChI=1S/C19H30N2O5/c1-4-10-19(2,3)26-17(23)16(13-22)20-11-12-21-18(24)25-14-15-8-6-5-7-9-15/h5-9,16,20,22H,4,10-14H2,1-3H3,(H,21,24). The van der Waals surface area contributed by atoms with Gasteiger partial charge in [0, 0.05) is 13.1 Å². The second-order valence-corrected chi connectivity index (χ2v) is 6.61. The van der Waals surface area contributed by atoms with E-state index in [9.17, 15) is 14.7 Å². The number of aliphatic hydroxyl groups excluding tert-OH is 1. The number of amides is 1. The van der Waals surface area contributed by atoms with Crippen LogP contribution in [0.2, 0.25) is 0 Å². The Kier molecular flexibility index (Phi) is 9.69. The molecule has 0 aliphatic carbocycles. The van der Waals surface area contributed by atoms with Gasteiger partial charge >= 0.3 is 12.1 Å². The van der Waals surface area contributed by atoms with Gasteiger partial charge < -0.3 is 25.2 Å². The summed E-state index contributed by atoms with van der Waals surface area (Å²) in [6.07, 6.45) is 1.10. The lowest BCUT2D eigenvalue weighted by Gasteiger charge is -2.27. The smallest absolute Gasteiger partial charge is 0.407 e. The molecular formula is C19H30N2O5. The van der Waals surface area contributed by atoms with Crippen LogP contribution in [0.5, 0.6) is 0 Å². The molecular weight excluding hydrogens is 336 g/mol. The van der Waals surface area contributed by atoms with E-state index in [-0.39, 0.29) is 19.8 Å². The molecule has 0 aliphatic rings. The van der Waals surface area contributed by atoms with E-state index in [0.717, 1.165) is 18.4 Å². The zero-order valence-corrected chi connectivity index (χ0v) is 15.8. The first-order valence-corrected chi connectivity index (χ1v) is 8.89. The number of benzene rings is 1. The lowest BCUT2D eigenvalue weighted by molar-refractivity contribution is -0.160. The van der Waals surface area contributed by atoms with Gasteiger partial charge in [0.05, 0.1) is 6.61 Å². The highest BCUT2D eigenvalue weighted by atomic mass is 16.6. The van der Waals surface area contributed by atoms with Crippen LogP contribution in [0.25, 0.3) is 0 Å². The number of esters is 1. The van der Waals surface area contributed by atoms with Crippen LogP contribution in [0, 0.1) is 0 Å². The van der Waals surface area contributed by atoms with Gasteiger partial charge in [-0.3, -0.25) is 4.79 Å². The van der Waals surface area contributed by atoms with Crippen molar-refractivity contribution in [3.63, 3.8) is 0 Å². The quantitative estimate of drug-likeness (QED) is 0.409. The highest BCUT2D eigenvalue weighted by molar-refractivity contribution is 5.76. The first kappa shape index (κ1) is 21.9. The predicted octanol–water partition coefficient (Wildman–Crippen LogP) is 1.99. The fourth-order valence-corrected chi connectivity index (χ4v) is 2.40. The fourth-order valence-electron chi connectivity index (χ4n) is 2.40. The van der Waals surface area contributed by atoms with Crippen LogP contribution in [0.4, 0.5) is 4.79 Å². The van der Waals surface area contributed by atoms with E-state index in [1.165, 1.54) is 0 Å². The maximum absolute atomic E-state index is 12.1. The second kappa shape index (κ2) is 11.5. The number of ether oxygens (including phenoxy) is 2. The topological polar surface area (TPSA) is 96.9 Å². The number of nitrogens with one attached hydrogen (secondary N) is 2. The van der Waals surface area contributed by atoms with E-state index >= 15 is 0 Å². The van der Waals surface area contributed by atoms with E-state index in [4.69, 9.17) is 9.47 Å². The Morgan fingerprint density at radius 3 is 2.50 bits per heavy atom. The van der Waals surface area contributed by atoms with Gasteiger partial charge in [0.1, 0.15) is 18.2 Å². The summed E-state index contributed by atoms with van der Waals surface area (Å²) in [6.45, 7) is 6.07. The number of hydrogen-bond acceptors (Lipinski definition) is 6. The van der Waals surface area contributed by atoms with Gasteiger partial charge in [0.15, 0.2) is 0 Å². The summed E-state index contributed by atoms with van der Waals surface area (Å²) in [4.78, 5) is 23.7. The van der Waals surface area contributed by atoms with Crippen LogP contribution in [0.3, 0.4) is 0 Å². The first-order chi connectivity index (χ1) is 12.4. The maximum atomic E-state index is 12.1. The Bertz CT molecular complexity index is 548. The third kappa shape index (κ3) is 8.82. The molecule has 1 atom stereocenters. The molecule has 7 nitrogen and oxygen atoms in total. The lowest BCUT2D eigenvalue weighted by atomic mass is 10.0. The monoisotopic (exact) mass is 366 g/mol. The summed E-state index contributed by atoms with van der Waals surface area (Å²) < 4.78 is 10.5. The molecule has 1 rings (SSSR count). The molecule has 1 aromatic carbocycles. The van der Waals surface area contributed by atoms with Crippen molar-refractivity contribution in [2.75, 3.05) is 19.7 Å². The molecule has 26 heavy (non-hydrogen) atoms. The molecule has 0 aromatic heterocycles. The molecule has 3 N–H and O–H groups in total. The van der Waals surface area contributed by atoms with Crippen molar-refractivity contribution in [3.8, 4) is 0 Å². The van der Waals surface area contributed by atoms with Crippen LogP contribution in [-0.4, -0.2) is 48.5 Å². The Hall–Kier alpha value is -2.12. The number of carbonyl (C=O) groups excluding carboxylic acids is 2. The molecule has 0 heterocycles. The van der Waals surface area contributed by atoms with E-state index in [1.807, 2.05) is 51.1 Å². The maximum Gasteiger partial charge on any atom is 0.407 e. The van der Waals surface area contributed by atoms with Gasteiger partial charge in [0.25, 0.3) is 0 Å². The van der Waals surface area contributed by atoms with Gasteiger partial charge in [-0.25, -0.2) is 4.79 Å². The summed E-state index contributed by atoms with van der Waals surface area (Å²) in [5.41, 5.74) is 0.332. The molecule has 0 bridgehead atoms. The molecule has 0 fully saturated rings. The van der Waals surface area contributed by atoms with Crippen molar-refractivity contribution in [2.24, 2.45) is 0 Å². The molecule has 146 valence electrons. The number of alkyl carbamates (subject to hydrolysis) is 1. The zero-order chi connectivity index (χ0) is 19.4.